The number of aliphatic carboxylic acids is 1. The van der Waals surface area contributed by atoms with Gasteiger partial charge in [0.15, 0.2) is 0 Å². The van der Waals surface area contributed by atoms with Gasteiger partial charge in [0, 0.05) is 54.8 Å². The molecule has 0 radical (unpaired) electrons. The molecule has 3 fully saturated rings. The summed E-state index contributed by atoms with van der Waals surface area (Å²) in [6.07, 6.45) is 0.226. The zero-order valence-electron chi connectivity index (χ0n) is 16.4. The number of thioether (sulfide) groups is 1. The number of fused-ring (bicyclic) bond motifs is 1. The minimum absolute atomic E-state index is 0.0614. The first kappa shape index (κ1) is 20.2. The number of carbonyl (C=O) groups excluding carboxylic acids is 1. The van der Waals surface area contributed by atoms with Crippen LogP contribution in [0.1, 0.15) is 20.3 Å². The molecule has 0 aromatic heterocycles. The summed E-state index contributed by atoms with van der Waals surface area (Å²) in [5.74, 6) is -1.36. The van der Waals surface area contributed by atoms with Crippen molar-refractivity contribution in [1.82, 2.24) is 20.9 Å². The second-order valence-electron chi connectivity index (χ2n) is 8.43. The minimum atomic E-state index is -1.05. The number of hydrogen-bond acceptors (Lipinski definition) is 7. The predicted octanol–water partition coefficient (Wildman–Crippen LogP) is -0.587. The van der Waals surface area contributed by atoms with Gasteiger partial charge in [0.2, 0.25) is 5.91 Å². The molecule has 0 bridgehead atoms. The van der Waals surface area contributed by atoms with E-state index < -0.39 is 18.0 Å². The fourth-order valence-corrected chi connectivity index (χ4v) is 6.64. The number of carboxylic acids is 1. The van der Waals surface area contributed by atoms with Gasteiger partial charge in [0.05, 0.1) is 18.1 Å². The van der Waals surface area contributed by atoms with Crippen LogP contribution in [0.25, 0.3) is 0 Å². The van der Waals surface area contributed by atoms with Gasteiger partial charge >= 0.3 is 5.97 Å². The second-order valence-corrected chi connectivity index (χ2v) is 9.77. The Labute approximate surface area is 169 Å². The Kier molecular flexibility index (Phi) is 5.72. The number of amides is 1. The number of nitrogens with one attached hydrogen (secondary N) is 3. The van der Waals surface area contributed by atoms with Crippen LogP contribution in [0.4, 0.5) is 0 Å². The van der Waals surface area contributed by atoms with Crippen molar-refractivity contribution < 1.29 is 19.8 Å². The molecule has 0 saturated carbocycles. The maximum absolute atomic E-state index is 12.5. The smallest absolute Gasteiger partial charge is 0.353 e. The number of carbonyl (C=O) groups is 2. The molecule has 1 amide bonds. The van der Waals surface area contributed by atoms with Crippen molar-refractivity contribution in [3.8, 4) is 0 Å². The highest BCUT2D eigenvalue weighted by molar-refractivity contribution is 8.03. The van der Waals surface area contributed by atoms with Crippen molar-refractivity contribution >= 4 is 23.6 Å². The van der Waals surface area contributed by atoms with Crippen LogP contribution in [-0.2, 0) is 9.59 Å². The van der Waals surface area contributed by atoms with Gasteiger partial charge < -0.3 is 31.1 Å². The summed E-state index contributed by atoms with van der Waals surface area (Å²) in [7, 11) is 0. The summed E-state index contributed by atoms with van der Waals surface area (Å²) in [6.45, 7) is 8.39. The van der Waals surface area contributed by atoms with Crippen LogP contribution in [0.2, 0.25) is 0 Å². The zero-order chi connectivity index (χ0) is 20.0. The third-order valence-corrected chi connectivity index (χ3v) is 8.10. The molecule has 156 valence electrons. The van der Waals surface area contributed by atoms with Crippen molar-refractivity contribution in [3.63, 3.8) is 0 Å². The van der Waals surface area contributed by atoms with E-state index in [9.17, 15) is 19.8 Å². The number of aliphatic hydroxyl groups is 1. The Hall–Kier alpha value is -1.13. The molecule has 8 nitrogen and oxygen atoms in total. The molecule has 4 aliphatic rings. The van der Waals surface area contributed by atoms with E-state index in [0.717, 1.165) is 44.0 Å². The summed E-state index contributed by atoms with van der Waals surface area (Å²) >= 11 is 1.62. The van der Waals surface area contributed by atoms with Crippen molar-refractivity contribution in [2.75, 3.05) is 32.7 Å². The van der Waals surface area contributed by atoms with E-state index in [0.29, 0.717) is 17.2 Å². The van der Waals surface area contributed by atoms with Gasteiger partial charge in [-0.15, -0.1) is 11.8 Å². The number of hydrogen-bond donors (Lipinski definition) is 5. The predicted molar refractivity (Wildman–Crippen MR) is 107 cm³/mol. The Bertz CT molecular complexity index is 677. The summed E-state index contributed by atoms with van der Waals surface area (Å²) in [6, 6.07) is 0.173. The molecule has 0 spiro atoms. The highest BCUT2D eigenvalue weighted by Crippen LogP contribution is 2.51. The highest BCUT2D eigenvalue weighted by atomic mass is 32.2. The van der Waals surface area contributed by atoms with Gasteiger partial charge in [0.25, 0.3) is 0 Å². The van der Waals surface area contributed by atoms with Crippen molar-refractivity contribution in [2.45, 2.75) is 43.7 Å². The molecule has 28 heavy (non-hydrogen) atoms. The van der Waals surface area contributed by atoms with E-state index in [2.05, 4.69) is 16.0 Å². The fraction of sp³-hybridized carbons (Fsp3) is 0.789. The number of carboxylic acid groups (broad SMARTS) is 1. The molecule has 3 saturated heterocycles. The maximum atomic E-state index is 12.5. The number of rotatable bonds is 5. The first-order valence-corrected chi connectivity index (χ1v) is 11.1. The minimum Gasteiger partial charge on any atom is -0.477 e. The molecule has 4 rings (SSSR count). The van der Waals surface area contributed by atoms with Crippen LogP contribution in [0.15, 0.2) is 10.6 Å². The monoisotopic (exact) mass is 410 g/mol. The molecule has 6 atom stereocenters. The van der Waals surface area contributed by atoms with Crippen LogP contribution in [0.5, 0.6) is 0 Å². The summed E-state index contributed by atoms with van der Waals surface area (Å²) < 4.78 is 0. The molecule has 0 aliphatic carbocycles. The van der Waals surface area contributed by atoms with E-state index in [4.69, 9.17) is 0 Å². The highest BCUT2D eigenvalue weighted by Gasteiger charge is 2.60. The Morgan fingerprint density at radius 1 is 1.25 bits per heavy atom. The van der Waals surface area contributed by atoms with E-state index >= 15 is 0 Å². The van der Waals surface area contributed by atoms with Crippen LogP contribution >= 0.6 is 11.8 Å². The standard InChI is InChI=1S/C19H30N4O4S/c1-9-15-14(10(2)24)18(25)23(15)16(19(26)27)17(9)28-12-5-13(22-8-12)11-6-20-3-4-21-7-11/h9-15,20-22,24H,3-8H2,1-2H3,(H,26,27)/t9-,10-,12+,13+,14-,15-/m1/s1. The molecule has 0 aromatic rings. The van der Waals surface area contributed by atoms with Crippen LogP contribution in [0.3, 0.4) is 0 Å². The lowest BCUT2D eigenvalue weighted by Gasteiger charge is -2.46. The average Bonchev–Trinajstić information content (AvgIpc) is 3.05. The fourth-order valence-electron chi connectivity index (χ4n) is 5.15. The molecular formula is C19H30N4O4S. The van der Waals surface area contributed by atoms with Gasteiger partial charge in [-0.2, -0.15) is 0 Å². The van der Waals surface area contributed by atoms with Crippen molar-refractivity contribution in [2.24, 2.45) is 17.8 Å². The number of aliphatic hydroxyl groups excluding tert-OH is 1. The topological polar surface area (TPSA) is 114 Å². The lowest BCUT2D eigenvalue weighted by molar-refractivity contribution is -0.163. The summed E-state index contributed by atoms with van der Waals surface area (Å²) in [5, 5.41) is 30.6. The number of nitrogens with zero attached hydrogens (tertiary/aromatic N) is 1. The molecule has 9 heteroatoms. The lowest BCUT2D eigenvalue weighted by Crippen LogP contribution is -2.63. The van der Waals surface area contributed by atoms with Crippen LogP contribution < -0.4 is 16.0 Å². The van der Waals surface area contributed by atoms with E-state index in [1.807, 2.05) is 6.92 Å². The van der Waals surface area contributed by atoms with Gasteiger partial charge in [-0.25, -0.2) is 4.79 Å². The van der Waals surface area contributed by atoms with Crippen molar-refractivity contribution in [3.05, 3.63) is 10.6 Å². The second kappa shape index (κ2) is 7.95. The molecule has 4 heterocycles. The van der Waals surface area contributed by atoms with Crippen LogP contribution in [-0.4, -0.2) is 83.2 Å². The van der Waals surface area contributed by atoms with Gasteiger partial charge in [-0.3, -0.25) is 4.79 Å². The average molecular weight is 411 g/mol. The lowest BCUT2D eigenvalue weighted by atomic mass is 9.79. The summed E-state index contributed by atoms with van der Waals surface area (Å²) in [4.78, 5) is 26.6. The quantitative estimate of drug-likeness (QED) is 0.382. The zero-order valence-corrected chi connectivity index (χ0v) is 17.2. The maximum Gasteiger partial charge on any atom is 0.353 e. The Morgan fingerprint density at radius 3 is 2.54 bits per heavy atom. The van der Waals surface area contributed by atoms with Gasteiger partial charge in [-0.05, 0) is 19.3 Å². The normalized spacial score (nSPS) is 37.6. The Balaban J connectivity index is 1.46. The Morgan fingerprint density at radius 2 is 1.93 bits per heavy atom. The molecule has 0 aromatic carbocycles. The molecule has 5 N–H and O–H groups in total. The third-order valence-electron chi connectivity index (χ3n) is 6.59. The van der Waals surface area contributed by atoms with Crippen molar-refractivity contribution in [1.29, 1.82) is 0 Å². The van der Waals surface area contributed by atoms with Gasteiger partial charge in [0.1, 0.15) is 5.70 Å². The van der Waals surface area contributed by atoms with E-state index in [1.165, 1.54) is 4.90 Å². The summed E-state index contributed by atoms with van der Waals surface area (Å²) in [5.41, 5.74) is 0.130. The van der Waals surface area contributed by atoms with Crippen LogP contribution in [0, 0.1) is 17.8 Å². The number of β-lactam (4-membered cyclic amide) rings is 1. The van der Waals surface area contributed by atoms with Gasteiger partial charge in [-0.1, -0.05) is 6.92 Å². The third kappa shape index (κ3) is 3.37. The molecular weight excluding hydrogens is 380 g/mol. The SMILES string of the molecule is C[C@@H](O)[C@H]1C(=O)N2C(C(=O)O)=C(S[C@@H]3CN[C@H](C4CNCCNC4)C3)[C@H](C)[C@H]12. The first-order valence-electron chi connectivity index (χ1n) is 10.2. The van der Waals surface area contributed by atoms with E-state index in [1.54, 1.807) is 18.7 Å². The molecule has 4 aliphatic heterocycles. The van der Waals surface area contributed by atoms with E-state index in [-0.39, 0.29) is 23.6 Å². The first-order chi connectivity index (χ1) is 13.4. The molecule has 0 unspecified atom stereocenters. The largest absolute Gasteiger partial charge is 0.477 e.